The lowest BCUT2D eigenvalue weighted by Crippen LogP contribution is -2.36. The van der Waals surface area contributed by atoms with E-state index in [4.69, 9.17) is 0 Å². The lowest BCUT2D eigenvalue weighted by atomic mass is 9.67. The minimum absolute atomic E-state index is 0.140. The molecule has 2 aliphatic carbocycles. The van der Waals surface area contributed by atoms with Crippen molar-refractivity contribution in [1.29, 1.82) is 0 Å². The van der Waals surface area contributed by atoms with Crippen molar-refractivity contribution in [3.05, 3.63) is 12.2 Å². The average Bonchev–Trinajstić information content (AvgIpc) is 2.39. The molecule has 0 aromatic rings. The summed E-state index contributed by atoms with van der Waals surface area (Å²) in [5.41, 5.74) is 0.435. The Bertz CT molecular complexity index is 303. The van der Waals surface area contributed by atoms with Gasteiger partial charge in [0.05, 0.1) is 0 Å². The van der Waals surface area contributed by atoms with E-state index in [2.05, 4.69) is 6.58 Å². The first-order chi connectivity index (χ1) is 6.05. The fourth-order valence-corrected chi connectivity index (χ4v) is 2.67. The predicted octanol–water partition coefficient (Wildman–Crippen LogP) is 1.89. The molecule has 0 N–H and O–H groups in total. The zero-order valence-corrected chi connectivity index (χ0v) is 7.93. The van der Waals surface area contributed by atoms with Gasteiger partial charge in [0.2, 0.25) is 0 Å². The Morgan fingerprint density at radius 3 is 2.77 bits per heavy atom. The molecule has 2 heteroatoms. The fourth-order valence-electron chi connectivity index (χ4n) is 2.67. The number of allylic oxidation sites excluding steroid dienone is 1. The molecule has 0 heterocycles. The second kappa shape index (κ2) is 2.53. The summed E-state index contributed by atoms with van der Waals surface area (Å²) in [7, 11) is 0. The first-order valence-corrected chi connectivity index (χ1v) is 4.81. The summed E-state index contributed by atoms with van der Waals surface area (Å²) in [6.07, 6.45) is 2.71. The van der Waals surface area contributed by atoms with Crippen LogP contribution in [-0.4, -0.2) is 11.6 Å². The van der Waals surface area contributed by atoms with Crippen molar-refractivity contribution >= 4 is 11.6 Å². The second-order valence-electron chi connectivity index (χ2n) is 4.38. The Kier molecular flexibility index (Phi) is 1.69. The van der Waals surface area contributed by atoms with E-state index in [-0.39, 0.29) is 17.1 Å². The zero-order chi connectivity index (χ0) is 9.64. The summed E-state index contributed by atoms with van der Waals surface area (Å²) < 4.78 is 0. The molecule has 0 saturated heterocycles. The van der Waals surface area contributed by atoms with Crippen LogP contribution < -0.4 is 0 Å². The Morgan fingerprint density at radius 1 is 1.38 bits per heavy atom. The van der Waals surface area contributed by atoms with Crippen LogP contribution >= 0.6 is 0 Å². The number of carbonyl (C=O) groups excluding carboxylic acids is 2. The summed E-state index contributed by atoms with van der Waals surface area (Å²) in [5, 5.41) is 0. The van der Waals surface area contributed by atoms with E-state index in [1.807, 2.05) is 6.92 Å². The molecule has 0 amide bonds. The van der Waals surface area contributed by atoms with Gasteiger partial charge in [-0.05, 0) is 24.3 Å². The van der Waals surface area contributed by atoms with Gasteiger partial charge in [0.25, 0.3) is 0 Å². The van der Waals surface area contributed by atoms with Gasteiger partial charge < -0.3 is 0 Å². The number of carbonyl (C=O) groups is 2. The topological polar surface area (TPSA) is 34.1 Å². The van der Waals surface area contributed by atoms with Crippen molar-refractivity contribution < 1.29 is 9.59 Å². The van der Waals surface area contributed by atoms with Gasteiger partial charge in [-0.25, -0.2) is 0 Å². The quantitative estimate of drug-likeness (QED) is 0.531. The Morgan fingerprint density at radius 2 is 2.08 bits per heavy atom. The maximum absolute atomic E-state index is 11.6. The van der Waals surface area contributed by atoms with Crippen LogP contribution in [-0.2, 0) is 9.59 Å². The summed E-state index contributed by atoms with van der Waals surface area (Å²) in [6.45, 7) is 5.81. The van der Waals surface area contributed by atoms with E-state index in [9.17, 15) is 9.59 Å². The SMILES string of the molecule is C=C1C(=O)CCC2(C)C(=O)CCC12. The third kappa shape index (κ3) is 1.01. The number of Topliss-reactive ketones (excluding diaryl/α,β-unsaturated/α-hetero) is 2. The second-order valence-corrected chi connectivity index (χ2v) is 4.38. The smallest absolute Gasteiger partial charge is 0.158 e. The van der Waals surface area contributed by atoms with Crippen LogP contribution in [0.25, 0.3) is 0 Å². The highest BCUT2D eigenvalue weighted by molar-refractivity contribution is 6.00. The van der Waals surface area contributed by atoms with Gasteiger partial charge >= 0.3 is 0 Å². The largest absolute Gasteiger partial charge is 0.299 e. The lowest BCUT2D eigenvalue weighted by molar-refractivity contribution is -0.128. The summed E-state index contributed by atoms with van der Waals surface area (Å²) in [4.78, 5) is 23.0. The molecule has 0 aliphatic heterocycles. The molecule has 2 fully saturated rings. The molecule has 2 atom stereocenters. The Labute approximate surface area is 78.0 Å². The molecule has 2 unspecified atom stereocenters. The molecule has 0 spiro atoms. The highest BCUT2D eigenvalue weighted by atomic mass is 16.1. The molecule has 2 aliphatic rings. The van der Waals surface area contributed by atoms with E-state index in [1.165, 1.54) is 0 Å². The average molecular weight is 178 g/mol. The Hall–Kier alpha value is -0.920. The van der Waals surface area contributed by atoms with Crippen LogP contribution in [0, 0.1) is 11.3 Å². The van der Waals surface area contributed by atoms with Crippen molar-refractivity contribution in [3.8, 4) is 0 Å². The van der Waals surface area contributed by atoms with E-state index in [0.29, 0.717) is 24.2 Å². The molecule has 70 valence electrons. The predicted molar refractivity (Wildman–Crippen MR) is 49.2 cm³/mol. The third-order valence-electron chi connectivity index (χ3n) is 3.72. The molecule has 0 radical (unpaired) electrons. The van der Waals surface area contributed by atoms with Gasteiger partial charge in [-0.1, -0.05) is 13.5 Å². The van der Waals surface area contributed by atoms with Crippen molar-refractivity contribution in [1.82, 2.24) is 0 Å². The highest BCUT2D eigenvalue weighted by Gasteiger charge is 2.50. The molecule has 0 aromatic heterocycles. The molecule has 0 bridgehead atoms. The van der Waals surface area contributed by atoms with Crippen LogP contribution in [0.4, 0.5) is 0 Å². The van der Waals surface area contributed by atoms with Gasteiger partial charge in [-0.15, -0.1) is 0 Å². The van der Waals surface area contributed by atoms with E-state index in [0.717, 1.165) is 12.8 Å². The first-order valence-electron chi connectivity index (χ1n) is 4.81. The Balaban J connectivity index is 2.37. The van der Waals surface area contributed by atoms with Crippen LogP contribution in [0.1, 0.15) is 32.6 Å². The number of fused-ring (bicyclic) bond motifs is 1. The maximum atomic E-state index is 11.6. The molecule has 2 nitrogen and oxygen atoms in total. The van der Waals surface area contributed by atoms with Crippen LogP contribution in [0.3, 0.4) is 0 Å². The van der Waals surface area contributed by atoms with Crippen molar-refractivity contribution in [3.63, 3.8) is 0 Å². The first kappa shape index (κ1) is 8.67. The highest BCUT2D eigenvalue weighted by Crippen LogP contribution is 2.50. The van der Waals surface area contributed by atoms with E-state index >= 15 is 0 Å². The monoisotopic (exact) mass is 178 g/mol. The van der Waals surface area contributed by atoms with Crippen LogP contribution in [0.2, 0.25) is 0 Å². The number of rotatable bonds is 0. The van der Waals surface area contributed by atoms with Gasteiger partial charge in [0.15, 0.2) is 5.78 Å². The fraction of sp³-hybridized carbons (Fsp3) is 0.636. The molecule has 13 heavy (non-hydrogen) atoms. The number of ketones is 2. The van der Waals surface area contributed by atoms with Gasteiger partial charge in [-0.3, -0.25) is 9.59 Å². The zero-order valence-electron chi connectivity index (χ0n) is 7.93. The summed E-state index contributed by atoms with van der Waals surface area (Å²) in [5.74, 6) is 0.629. The third-order valence-corrected chi connectivity index (χ3v) is 3.72. The van der Waals surface area contributed by atoms with Gasteiger partial charge in [0, 0.05) is 18.3 Å². The lowest BCUT2D eigenvalue weighted by Gasteiger charge is -2.35. The molecule has 0 aromatic carbocycles. The van der Waals surface area contributed by atoms with E-state index in [1.54, 1.807) is 0 Å². The standard InChI is InChI=1S/C11H14O2/c1-7-8-3-4-10(13)11(8,2)6-5-9(7)12/h8H,1,3-6H2,2H3. The van der Waals surface area contributed by atoms with Crippen LogP contribution in [0.15, 0.2) is 12.2 Å². The molecule has 2 saturated carbocycles. The minimum atomic E-state index is -0.259. The van der Waals surface area contributed by atoms with Gasteiger partial charge in [0.1, 0.15) is 5.78 Å². The van der Waals surface area contributed by atoms with Gasteiger partial charge in [-0.2, -0.15) is 0 Å². The molecule has 2 rings (SSSR count). The van der Waals surface area contributed by atoms with Crippen molar-refractivity contribution in [2.75, 3.05) is 0 Å². The number of hydrogen-bond acceptors (Lipinski definition) is 2. The normalized spacial score (nSPS) is 39.5. The summed E-state index contributed by atoms with van der Waals surface area (Å²) >= 11 is 0. The molecular weight excluding hydrogens is 164 g/mol. The van der Waals surface area contributed by atoms with Crippen molar-refractivity contribution in [2.45, 2.75) is 32.6 Å². The minimum Gasteiger partial charge on any atom is -0.299 e. The maximum Gasteiger partial charge on any atom is 0.158 e. The van der Waals surface area contributed by atoms with Crippen molar-refractivity contribution in [2.24, 2.45) is 11.3 Å². The van der Waals surface area contributed by atoms with Crippen LogP contribution in [0.5, 0.6) is 0 Å². The summed E-state index contributed by atoms with van der Waals surface area (Å²) in [6, 6.07) is 0. The number of hydrogen-bond donors (Lipinski definition) is 0. The van der Waals surface area contributed by atoms with E-state index < -0.39 is 0 Å². The molecular formula is C11H14O2.